The Morgan fingerprint density at radius 3 is 2.30 bits per heavy atom. The van der Waals surface area contributed by atoms with Gasteiger partial charge in [-0.15, -0.1) is 0 Å². The Balaban J connectivity index is 2.09. The molecule has 0 radical (unpaired) electrons. The van der Waals surface area contributed by atoms with E-state index in [-0.39, 0.29) is 0 Å². The van der Waals surface area contributed by atoms with E-state index in [9.17, 15) is 5.11 Å². The highest BCUT2D eigenvalue weighted by molar-refractivity contribution is 5.37. The van der Waals surface area contributed by atoms with Gasteiger partial charge in [-0.1, -0.05) is 24.3 Å². The van der Waals surface area contributed by atoms with Crippen molar-refractivity contribution in [3.05, 3.63) is 64.2 Å². The Bertz CT molecular complexity index is 600. The standard InChI is InChI=1S/C18H22O2/c1-12-5-6-16(9-13(12)2)11-20-18-8-7-17(15(4)19)10-14(18)3/h5-10,15,19H,11H2,1-4H3. The second kappa shape index (κ2) is 6.10. The summed E-state index contributed by atoms with van der Waals surface area (Å²) in [7, 11) is 0. The number of hydrogen-bond acceptors (Lipinski definition) is 2. The van der Waals surface area contributed by atoms with E-state index in [1.165, 1.54) is 16.7 Å². The third-order valence-electron chi connectivity index (χ3n) is 3.65. The molecule has 106 valence electrons. The van der Waals surface area contributed by atoms with Crippen LogP contribution >= 0.6 is 0 Å². The van der Waals surface area contributed by atoms with Crippen molar-refractivity contribution in [1.82, 2.24) is 0 Å². The Labute approximate surface area is 121 Å². The van der Waals surface area contributed by atoms with Gasteiger partial charge in [0.1, 0.15) is 12.4 Å². The number of aliphatic hydroxyl groups is 1. The zero-order valence-electron chi connectivity index (χ0n) is 12.6. The molecule has 0 fully saturated rings. The molecule has 0 saturated carbocycles. The first kappa shape index (κ1) is 14.6. The molecule has 0 aliphatic carbocycles. The van der Waals surface area contributed by atoms with E-state index in [0.29, 0.717) is 6.61 Å². The van der Waals surface area contributed by atoms with Gasteiger partial charge in [0.15, 0.2) is 0 Å². The third kappa shape index (κ3) is 3.40. The molecule has 2 aromatic rings. The maximum atomic E-state index is 9.56. The minimum atomic E-state index is -0.442. The quantitative estimate of drug-likeness (QED) is 0.900. The van der Waals surface area contributed by atoms with E-state index in [1.807, 2.05) is 25.1 Å². The van der Waals surface area contributed by atoms with E-state index in [0.717, 1.165) is 16.9 Å². The maximum Gasteiger partial charge on any atom is 0.122 e. The zero-order valence-corrected chi connectivity index (χ0v) is 12.6. The predicted molar refractivity (Wildman–Crippen MR) is 82.1 cm³/mol. The van der Waals surface area contributed by atoms with Gasteiger partial charge in [0.05, 0.1) is 6.10 Å². The van der Waals surface area contributed by atoms with Gasteiger partial charge in [0, 0.05) is 0 Å². The van der Waals surface area contributed by atoms with Crippen LogP contribution in [-0.2, 0) is 6.61 Å². The first-order chi connectivity index (χ1) is 9.47. The van der Waals surface area contributed by atoms with Crippen LogP contribution in [0.5, 0.6) is 5.75 Å². The summed E-state index contributed by atoms with van der Waals surface area (Å²) in [6.07, 6.45) is -0.442. The van der Waals surface area contributed by atoms with E-state index in [2.05, 4.69) is 32.0 Å². The van der Waals surface area contributed by atoms with Crippen LogP contribution < -0.4 is 4.74 Å². The van der Waals surface area contributed by atoms with Gasteiger partial charge >= 0.3 is 0 Å². The zero-order chi connectivity index (χ0) is 14.7. The summed E-state index contributed by atoms with van der Waals surface area (Å²) in [6.45, 7) is 8.56. The topological polar surface area (TPSA) is 29.5 Å². The fraction of sp³-hybridized carbons (Fsp3) is 0.333. The number of hydrogen-bond donors (Lipinski definition) is 1. The molecule has 0 aromatic heterocycles. The number of benzene rings is 2. The van der Waals surface area contributed by atoms with Gasteiger partial charge < -0.3 is 9.84 Å². The average Bonchev–Trinajstić information content (AvgIpc) is 2.41. The van der Waals surface area contributed by atoms with E-state index in [4.69, 9.17) is 4.74 Å². The molecule has 0 amide bonds. The third-order valence-corrected chi connectivity index (χ3v) is 3.65. The van der Waals surface area contributed by atoms with Gasteiger partial charge in [-0.05, 0) is 67.6 Å². The molecule has 2 nitrogen and oxygen atoms in total. The molecule has 0 aliphatic rings. The number of rotatable bonds is 4. The summed E-state index contributed by atoms with van der Waals surface area (Å²) in [5, 5.41) is 9.56. The Morgan fingerprint density at radius 1 is 0.950 bits per heavy atom. The fourth-order valence-corrected chi connectivity index (χ4v) is 2.15. The number of aliphatic hydroxyl groups excluding tert-OH is 1. The van der Waals surface area contributed by atoms with E-state index >= 15 is 0 Å². The maximum absolute atomic E-state index is 9.56. The summed E-state index contributed by atoms with van der Waals surface area (Å²) >= 11 is 0. The smallest absolute Gasteiger partial charge is 0.122 e. The van der Waals surface area contributed by atoms with Crippen LogP contribution in [0.3, 0.4) is 0 Å². The van der Waals surface area contributed by atoms with Crippen LogP contribution in [-0.4, -0.2) is 5.11 Å². The molecule has 20 heavy (non-hydrogen) atoms. The minimum absolute atomic E-state index is 0.442. The fourth-order valence-electron chi connectivity index (χ4n) is 2.15. The van der Waals surface area contributed by atoms with Crippen LogP contribution in [0.15, 0.2) is 36.4 Å². The Hall–Kier alpha value is -1.80. The SMILES string of the molecule is Cc1ccc(COc2ccc(C(C)O)cc2C)cc1C. The molecular weight excluding hydrogens is 248 g/mol. The highest BCUT2D eigenvalue weighted by atomic mass is 16.5. The van der Waals surface area contributed by atoms with Crippen molar-refractivity contribution < 1.29 is 9.84 Å². The van der Waals surface area contributed by atoms with Crippen LogP contribution in [0.4, 0.5) is 0 Å². The monoisotopic (exact) mass is 270 g/mol. The molecule has 2 aromatic carbocycles. The van der Waals surface area contributed by atoms with Crippen molar-refractivity contribution in [2.24, 2.45) is 0 Å². The summed E-state index contributed by atoms with van der Waals surface area (Å²) in [6, 6.07) is 12.2. The lowest BCUT2D eigenvalue weighted by Crippen LogP contribution is -1.99. The largest absolute Gasteiger partial charge is 0.489 e. The van der Waals surface area contributed by atoms with Gasteiger partial charge in [0.25, 0.3) is 0 Å². The average molecular weight is 270 g/mol. The summed E-state index contributed by atoms with van der Waals surface area (Å²) in [4.78, 5) is 0. The van der Waals surface area contributed by atoms with Crippen molar-refractivity contribution in [3.63, 3.8) is 0 Å². The molecular formula is C18H22O2. The lowest BCUT2D eigenvalue weighted by atomic mass is 10.1. The molecule has 0 spiro atoms. The summed E-state index contributed by atoms with van der Waals surface area (Å²) in [5.41, 5.74) is 5.72. The van der Waals surface area contributed by atoms with Gasteiger partial charge in [0.2, 0.25) is 0 Å². The van der Waals surface area contributed by atoms with Gasteiger partial charge in [-0.2, -0.15) is 0 Å². The Kier molecular flexibility index (Phi) is 4.46. The normalized spacial score (nSPS) is 12.2. The van der Waals surface area contributed by atoms with Crippen molar-refractivity contribution in [3.8, 4) is 5.75 Å². The molecule has 2 heteroatoms. The molecule has 0 aliphatic heterocycles. The van der Waals surface area contributed by atoms with Crippen LogP contribution in [0, 0.1) is 20.8 Å². The molecule has 2 rings (SSSR count). The lowest BCUT2D eigenvalue weighted by Gasteiger charge is -2.12. The van der Waals surface area contributed by atoms with Crippen molar-refractivity contribution in [2.45, 2.75) is 40.4 Å². The van der Waals surface area contributed by atoms with Gasteiger partial charge in [-0.3, -0.25) is 0 Å². The minimum Gasteiger partial charge on any atom is -0.489 e. The number of aryl methyl sites for hydroxylation is 3. The first-order valence-corrected chi connectivity index (χ1v) is 6.95. The van der Waals surface area contributed by atoms with Crippen LogP contribution in [0.1, 0.15) is 40.8 Å². The molecule has 0 heterocycles. The van der Waals surface area contributed by atoms with Crippen LogP contribution in [0.25, 0.3) is 0 Å². The molecule has 0 saturated heterocycles. The summed E-state index contributed by atoms with van der Waals surface area (Å²) in [5.74, 6) is 0.868. The predicted octanol–water partition coefficient (Wildman–Crippen LogP) is 4.24. The van der Waals surface area contributed by atoms with Gasteiger partial charge in [-0.25, -0.2) is 0 Å². The van der Waals surface area contributed by atoms with E-state index in [1.54, 1.807) is 6.92 Å². The first-order valence-electron chi connectivity index (χ1n) is 6.95. The summed E-state index contributed by atoms with van der Waals surface area (Å²) < 4.78 is 5.87. The second-order valence-corrected chi connectivity index (χ2v) is 5.41. The molecule has 0 bridgehead atoms. The van der Waals surface area contributed by atoms with Crippen molar-refractivity contribution in [2.75, 3.05) is 0 Å². The van der Waals surface area contributed by atoms with Crippen LogP contribution in [0.2, 0.25) is 0 Å². The Morgan fingerprint density at radius 2 is 1.70 bits per heavy atom. The highest BCUT2D eigenvalue weighted by Gasteiger charge is 2.05. The second-order valence-electron chi connectivity index (χ2n) is 5.41. The van der Waals surface area contributed by atoms with Crippen molar-refractivity contribution in [1.29, 1.82) is 0 Å². The lowest BCUT2D eigenvalue weighted by molar-refractivity contribution is 0.199. The molecule has 1 atom stereocenters. The van der Waals surface area contributed by atoms with E-state index < -0.39 is 6.10 Å². The van der Waals surface area contributed by atoms with Crippen molar-refractivity contribution >= 4 is 0 Å². The highest BCUT2D eigenvalue weighted by Crippen LogP contribution is 2.23. The molecule has 1 N–H and O–H groups in total. The number of ether oxygens (including phenoxy) is 1. The molecule has 1 unspecified atom stereocenters.